The van der Waals surface area contributed by atoms with E-state index < -0.39 is 6.04 Å². The minimum atomic E-state index is -0.524. The maximum absolute atomic E-state index is 11.5. The number of benzene rings is 1. The zero-order chi connectivity index (χ0) is 12.8. The third-order valence-electron chi connectivity index (χ3n) is 2.24. The molecule has 1 aromatic carbocycles. The Balaban J connectivity index is 2.69. The monoisotopic (exact) mass is 295 g/mol. The van der Waals surface area contributed by atoms with E-state index in [2.05, 4.69) is 27.3 Å². The van der Waals surface area contributed by atoms with E-state index in [9.17, 15) is 4.79 Å². The maximum atomic E-state index is 11.5. The Kier molecular flexibility index (Phi) is 4.98. The van der Waals surface area contributed by atoms with Gasteiger partial charge in [0.1, 0.15) is 6.04 Å². The number of anilines is 1. The Hall–Kier alpha value is -1.54. The fourth-order valence-corrected chi connectivity index (χ4v) is 1.65. The van der Waals surface area contributed by atoms with Gasteiger partial charge in [0.05, 0.1) is 12.5 Å². The zero-order valence-corrected chi connectivity index (χ0v) is 11.4. The SMILES string of the molecule is CN(C)C(=O)CC(C#N)Nc1ccccc1Br. The van der Waals surface area contributed by atoms with Gasteiger partial charge in [0.15, 0.2) is 0 Å². The standard InChI is InChI=1S/C12H14BrN3O/c1-16(2)12(17)7-9(8-14)15-11-6-4-3-5-10(11)13/h3-6,9,15H,7H2,1-2H3. The van der Waals surface area contributed by atoms with Gasteiger partial charge in [0.25, 0.3) is 0 Å². The Morgan fingerprint density at radius 2 is 2.18 bits per heavy atom. The first kappa shape index (κ1) is 13.5. The molecular formula is C12H14BrN3O. The van der Waals surface area contributed by atoms with Crippen molar-refractivity contribution >= 4 is 27.5 Å². The molecule has 0 aliphatic rings. The van der Waals surface area contributed by atoms with Crippen LogP contribution in [0, 0.1) is 11.3 Å². The molecule has 0 aliphatic carbocycles. The first-order valence-electron chi connectivity index (χ1n) is 5.15. The van der Waals surface area contributed by atoms with Crippen LogP contribution >= 0.6 is 15.9 Å². The number of nitriles is 1. The molecular weight excluding hydrogens is 282 g/mol. The lowest BCUT2D eigenvalue weighted by atomic mass is 10.2. The molecule has 5 heteroatoms. The minimum absolute atomic E-state index is 0.0731. The number of hydrogen-bond acceptors (Lipinski definition) is 3. The number of amides is 1. The van der Waals surface area contributed by atoms with Gasteiger partial charge in [0.2, 0.25) is 5.91 Å². The van der Waals surface area contributed by atoms with E-state index in [4.69, 9.17) is 5.26 Å². The maximum Gasteiger partial charge on any atom is 0.225 e. The molecule has 1 N–H and O–H groups in total. The molecule has 0 heterocycles. The number of carbonyl (C=O) groups is 1. The van der Waals surface area contributed by atoms with Gasteiger partial charge in [-0.15, -0.1) is 0 Å². The molecule has 1 rings (SSSR count). The lowest BCUT2D eigenvalue weighted by molar-refractivity contribution is -0.128. The molecule has 17 heavy (non-hydrogen) atoms. The van der Waals surface area contributed by atoms with Gasteiger partial charge in [-0.3, -0.25) is 4.79 Å². The summed E-state index contributed by atoms with van der Waals surface area (Å²) in [6.07, 6.45) is 0.158. The molecule has 4 nitrogen and oxygen atoms in total. The van der Waals surface area contributed by atoms with Crippen molar-refractivity contribution in [2.75, 3.05) is 19.4 Å². The second-order valence-corrected chi connectivity index (χ2v) is 4.65. The highest BCUT2D eigenvalue weighted by atomic mass is 79.9. The van der Waals surface area contributed by atoms with Crippen LogP contribution in [0.2, 0.25) is 0 Å². The van der Waals surface area contributed by atoms with Crippen LogP contribution in [-0.4, -0.2) is 30.9 Å². The summed E-state index contributed by atoms with van der Waals surface area (Å²) < 4.78 is 0.873. The van der Waals surface area contributed by atoms with Gasteiger partial charge >= 0.3 is 0 Å². The normalized spacial score (nSPS) is 11.4. The first-order valence-corrected chi connectivity index (χ1v) is 5.94. The number of rotatable bonds is 4. The molecule has 90 valence electrons. The third kappa shape index (κ3) is 4.08. The molecule has 1 unspecified atom stereocenters. The highest BCUT2D eigenvalue weighted by Gasteiger charge is 2.15. The van der Waals surface area contributed by atoms with Crippen LogP contribution in [0.25, 0.3) is 0 Å². The Morgan fingerprint density at radius 3 is 2.71 bits per heavy atom. The lowest BCUT2D eigenvalue weighted by Crippen LogP contribution is -2.29. The molecule has 0 radical (unpaired) electrons. The van der Waals surface area contributed by atoms with E-state index in [-0.39, 0.29) is 12.3 Å². The summed E-state index contributed by atoms with van der Waals surface area (Å²) in [5, 5.41) is 12.0. The predicted octanol–water partition coefficient (Wildman–Crippen LogP) is 2.23. The van der Waals surface area contributed by atoms with E-state index in [1.165, 1.54) is 4.90 Å². The van der Waals surface area contributed by atoms with Crippen molar-refractivity contribution in [1.29, 1.82) is 5.26 Å². The summed E-state index contributed by atoms with van der Waals surface area (Å²) >= 11 is 3.38. The molecule has 0 spiro atoms. The number of nitrogens with zero attached hydrogens (tertiary/aromatic N) is 2. The topological polar surface area (TPSA) is 56.1 Å². The molecule has 1 atom stereocenters. The number of para-hydroxylation sites is 1. The summed E-state index contributed by atoms with van der Waals surface area (Å²) in [5.74, 6) is -0.0731. The van der Waals surface area contributed by atoms with Gasteiger partial charge in [-0.2, -0.15) is 5.26 Å². The van der Waals surface area contributed by atoms with Crippen LogP contribution in [0.15, 0.2) is 28.7 Å². The molecule has 1 amide bonds. The number of nitrogens with one attached hydrogen (secondary N) is 1. The van der Waals surface area contributed by atoms with E-state index in [1.807, 2.05) is 24.3 Å². The summed E-state index contributed by atoms with van der Waals surface area (Å²) in [4.78, 5) is 13.0. The summed E-state index contributed by atoms with van der Waals surface area (Å²) in [6.45, 7) is 0. The van der Waals surface area contributed by atoms with Crippen LogP contribution in [-0.2, 0) is 4.79 Å². The Labute approximate surface area is 109 Å². The first-order chi connectivity index (χ1) is 8.04. The van der Waals surface area contributed by atoms with Crippen molar-refractivity contribution < 1.29 is 4.79 Å². The second-order valence-electron chi connectivity index (χ2n) is 3.80. The summed E-state index contributed by atoms with van der Waals surface area (Å²) in [7, 11) is 3.35. The van der Waals surface area contributed by atoms with Crippen LogP contribution in [0.3, 0.4) is 0 Å². The predicted molar refractivity (Wildman–Crippen MR) is 70.5 cm³/mol. The number of carbonyl (C=O) groups excluding carboxylic acids is 1. The molecule has 0 aromatic heterocycles. The fraction of sp³-hybridized carbons (Fsp3) is 0.333. The van der Waals surface area contributed by atoms with Crippen molar-refractivity contribution in [2.24, 2.45) is 0 Å². The number of halogens is 1. The quantitative estimate of drug-likeness (QED) is 0.927. The molecule has 0 aliphatic heterocycles. The minimum Gasteiger partial charge on any atom is -0.368 e. The van der Waals surface area contributed by atoms with Gasteiger partial charge in [-0.05, 0) is 28.1 Å². The van der Waals surface area contributed by atoms with Crippen molar-refractivity contribution in [3.8, 4) is 6.07 Å². The van der Waals surface area contributed by atoms with E-state index in [1.54, 1.807) is 14.1 Å². The fourth-order valence-electron chi connectivity index (χ4n) is 1.25. The molecule has 1 aromatic rings. The van der Waals surface area contributed by atoms with Crippen LogP contribution in [0.4, 0.5) is 5.69 Å². The van der Waals surface area contributed by atoms with Crippen LogP contribution < -0.4 is 5.32 Å². The second kappa shape index (κ2) is 6.26. The van der Waals surface area contributed by atoms with Crippen molar-refractivity contribution in [2.45, 2.75) is 12.5 Å². The van der Waals surface area contributed by atoms with Crippen LogP contribution in [0.1, 0.15) is 6.42 Å². The average molecular weight is 296 g/mol. The average Bonchev–Trinajstić information content (AvgIpc) is 2.30. The van der Waals surface area contributed by atoms with Gasteiger partial charge in [-0.25, -0.2) is 0 Å². The van der Waals surface area contributed by atoms with Crippen molar-refractivity contribution in [3.05, 3.63) is 28.7 Å². The highest BCUT2D eigenvalue weighted by molar-refractivity contribution is 9.10. The molecule has 0 saturated heterocycles. The van der Waals surface area contributed by atoms with E-state index in [0.29, 0.717) is 0 Å². The van der Waals surface area contributed by atoms with E-state index in [0.717, 1.165) is 10.2 Å². The van der Waals surface area contributed by atoms with Crippen molar-refractivity contribution in [3.63, 3.8) is 0 Å². The Bertz CT molecular complexity index is 440. The number of hydrogen-bond donors (Lipinski definition) is 1. The third-order valence-corrected chi connectivity index (χ3v) is 2.93. The van der Waals surface area contributed by atoms with E-state index >= 15 is 0 Å². The van der Waals surface area contributed by atoms with Gasteiger partial charge in [-0.1, -0.05) is 12.1 Å². The molecule has 0 bridgehead atoms. The Morgan fingerprint density at radius 1 is 1.53 bits per heavy atom. The zero-order valence-electron chi connectivity index (χ0n) is 9.77. The summed E-state index contributed by atoms with van der Waals surface area (Å²) in [5.41, 5.74) is 0.811. The van der Waals surface area contributed by atoms with Crippen molar-refractivity contribution in [1.82, 2.24) is 4.90 Å². The molecule has 0 fully saturated rings. The lowest BCUT2D eigenvalue weighted by Gasteiger charge is -2.16. The molecule has 0 saturated carbocycles. The highest BCUT2D eigenvalue weighted by Crippen LogP contribution is 2.22. The summed E-state index contributed by atoms with van der Waals surface area (Å²) in [6, 6.07) is 9.06. The van der Waals surface area contributed by atoms with Gasteiger partial charge in [0, 0.05) is 24.3 Å². The largest absolute Gasteiger partial charge is 0.368 e. The smallest absolute Gasteiger partial charge is 0.225 e. The van der Waals surface area contributed by atoms with Crippen LogP contribution in [0.5, 0.6) is 0 Å². The van der Waals surface area contributed by atoms with Gasteiger partial charge < -0.3 is 10.2 Å².